The molecule has 3 heteroatoms. The van der Waals surface area contributed by atoms with Gasteiger partial charge in [0.1, 0.15) is 5.75 Å². The van der Waals surface area contributed by atoms with Crippen molar-refractivity contribution >= 4 is 5.91 Å². The molecule has 1 aliphatic carbocycles. The Morgan fingerprint density at radius 2 is 1.68 bits per heavy atom. The van der Waals surface area contributed by atoms with Crippen LogP contribution in [-0.2, 0) is 10.2 Å². The Morgan fingerprint density at radius 1 is 1.04 bits per heavy atom. The number of ether oxygens (including phenoxy) is 1. The molecule has 1 saturated carbocycles. The molecule has 3 rings (SSSR count). The standard InChI is InChI=1S/C25H33NO2/c1-17(2)21-16-22(18(3)15-23(21)28-5)19(4)26-24(27)25(13-9-10-14-25)20-11-7-6-8-12-20/h6-8,11-12,15-17,19H,9-10,13-14H2,1-5H3,(H,26,27)/t19-/m1/s1. The van der Waals surface area contributed by atoms with Gasteiger partial charge in [-0.05, 0) is 67.0 Å². The van der Waals surface area contributed by atoms with E-state index in [1.54, 1.807) is 7.11 Å². The van der Waals surface area contributed by atoms with Crippen molar-refractivity contribution in [2.45, 2.75) is 70.8 Å². The monoisotopic (exact) mass is 379 g/mol. The van der Waals surface area contributed by atoms with Gasteiger partial charge in [-0.15, -0.1) is 0 Å². The minimum Gasteiger partial charge on any atom is -0.496 e. The fourth-order valence-electron chi connectivity index (χ4n) is 4.61. The zero-order valence-corrected chi connectivity index (χ0v) is 17.8. The predicted octanol–water partition coefficient (Wildman–Crippen LogP) is 5.82. The first-order valence-corrected chi connectivity index (χ1v) is 10.4. The van der Waals surface area contributed by atoms with Crippen LogP contribution in [0, 0.1) is 6.92 Å². The van der Waals surface area contributed by atoms with Gasteiger partial charge in [-0.2, -0.15) is 0 Å². The lowest BCUT2D eigenvalue weighted by Crippen LogP contribution is -2.43. The predicted molar refractivity (Wildman–Crippen MR) is 115 cm³/mol. The Bertz CT molecular complexity index is 820. The summed E-state index contributed by atoms with van der Waals surface area (Å²) in [5.74, 6) is 1.44. The highest BCUT2D eigenvalue weighted by molar-refractivity contribution is 5.89. The van der Waals surface area contributed by atoms with Gasteiger partial charge in [0.25, 0.3) is 0 Å². The van der Waals surface area contributed by atoms with E-state index in [-0.39, 0.29) is 11.9 Å². The Hall–Kier alpha value is -2.29. The Labute approximate surface area is 169 Å². The van der Waals surface area contributed by atoms with Crippen LogP contribution in [0.15, 0.2) is 42.5 Å². The summed E-state index contributed by atoms with van der Waals surface area (Å²) in [5, 5.41) is 3.34. The summed E-state index contributed by atoms with van der Waals surface area (Å²) in [7, 11) is 1.72. The molecule has 1 amide bonds. The SMILES string of the molecule is COc1cc(C)c([C@@H](C)NC(=O)C2(c3ccccc3)CCCC2)cc1C(C)C. The number of rotatable bonds is 6. The molecule has 1 aliphatic rings. The maximum atomic E-state index is 13.5. The van der Waals surface area contributed by atoms with Gasteiger partial charge in [-0.3, -0.25) is 4.79 Å². The molecule has 0 bridgehead atoms. The molecular weight excluding hydrogens is 346 g/mol. The second-order valence-corrected chi connectivity index (χ2v) is 8.46. The molecule has 0 aliphatic heterocycles. The number of benzene rings is 2. The Kier molecular flexibility index (Phi) is 6.12. The molecule has 0 saturated heterocycles. The van der Waals surface area contributed by atoms with Crippen molar-refractivity contribution in [3.63, 3.8) is 0 Å². The molecule has 1 fully saturated rings. The quantitative estimate of drug-likeness (QED) is 0.687. The molecule has 0 spiro atoms. The van der Waals surface area contributed by atoms with Gasteiger partial charge in [0.2, 0.25) is 5.91 Å². The van der Waals surface area contributed by atoms with E-state index in [4.69, 9.17) is 4.74 Å². The highest BCUT2D eigenvalue weighted by Gasteiger charge is 2.43. The number of carbonyl (C=O) groups excluding carboxylic acids is 1. The first-order chi connectivity index (χ1) is 13.4. The van der Waals surface area contributed by atoms with Crippen molar-refractivity contribution < 1.29 is 9.53 Å². The molecule has 1 N–H and O–H groups in total. The molecule has 1 atom stereocenters. The van der Waals surface area contributed by atoms with Crippen LogP contribution in [0.4, 0.5) is 0 Å². The van der Waals surface area contributed by atoms with Crippen LogP contribution in [-0.4, -0.2) is 13.0 Å². The summed E-state index contributed by atoms with van der Waals surface area (Å²) in [6, 6.07) is 14.5. The lowest BCUT2D eigenvalue weighted by Gasteiger charge is -2.31. The van der Waals surface area contributed by atoms with Crippen molar-refractivity contribution in [3.8, 4) is 5.75 Å². The first-order valence-electron chi connectivity index (χ1n) is 10.4. The summed E-state index contributed by atoms with van der Waals surface area (Å²) in [6.07, 6.45) is 4.06. The van der Waals surface area contributed by atoms with E-state index in [1.807, 2.05) is 18.2 Å². The second-order valence-electron chi connectivity index (χ2n) is 8.46. The van der Waals surface area contributed by atoms with Crippen LogP contribution in [0.25, 0.3) is 0 Å². The Balaban J connectivity index is 1.89. The third-order valence-electron chi connectivity index (χ3n) is 6.27. The zero-order chi connectivity index (χ0) is 20.3. The molecule has 0 radical (unpaired) electrons. The van der Waals surface area contributed by atoms with E-state index in [2.05, 4.69) is 57.3 Å². The fourth-order valence-corrected chi connectivity index (χ4v) is 4.61. The lowest BCUT2D eigenvalue weighted by molar-refractivity contribution is -0.127. The van der Waals surface area contributed by atoms with E-state index >= 15 is 0 Å². The molecule has 2 aromatic rings. The minimum absolute atomic E-state index is 0.0444. The van der Waals surface area contributed by atoms with Gasteiger partial charge >= 0.3 is 0 Å². The average molecular weight is 380 g/mol. The molecule has 0 aromatic heterocycles. The van der Waals surface area contributed by atoms with E-state index in [9.17, 15) is 4.79 Å². The number of hydrogen-bond donors (Lipinski definition) is 1. The number of nitrogens with one attached hydrogen (secondary N) is 1. The number of hydrogen-bond acceptors (Lipinski definition) is 2. The maximum absolute atomic E-state index is 13.5. The van der Waals surface area contributed by atoms with E-state index < -0.39 is 5.41 Å². The van der Waals surface area contributed by atoms with Crippen molar-refractivity contribution in [2.75, 3.05) is 7.11 Å². The molecule has 3 nitrogen and oxygen atoms in total. The molecule has 0 unspecified atom stereocenters. The van der Waals surface area contributed by atoms with E-state index in [0.717, 1.165) is 42.6 Å². The largest absolute Gasteiger partial charge is 0.496 e. The maximum Gasteiger partial charge on any atom is 0.231 e. The molecule has 2 aromatic carbocycles. The third kappa shape index (κ3) is 3.80. The van der Waals surface area contributed by atoms with Crippen LogP contribution in [0.5, 0.6) is 5.75 Å². The topological polar surface area (TPSA) is 38.3 Å². The van der Waals surface area contributed by atoms with Gasteiger partial charge in [-0.25, -0.2) is 0 Å². The van der Waals surface area contributed by atoms with Crippen LogP contribution in [0.1, 0.15) is 80.7 Å². The highest BCUT2D eigenvalue weighted by atomic mass is 16.5. The van der Waals surface area contributed by atoms with Crippen molar-refractivity contribution in [2.24, 2.45) is 0 Å². The molecule has 150 valence electrons. The van der Waals surface area contributed by atoms with Gasteiger partial charge < -0.3 is 10.1 Å². The fraction of sp³-hybridized carbons (Fsp3) is 0.480. The van der Waals surface area contributed by atoms with Gasteiger partial charge in [0.15, 0.2) is 0 Å². The highest BCUT2D eigenvalue weighted by Crippen LogP contribution is 2.42. The lowest BCUT2D eigenvalue weighted by atomic mass is 9.77. The normalized spacial score (nSPS) is 16.8. The summed E-state index contributed by atoms with van der Waals surface area (Å²) in [5.41, 5.74) is 4.25. The van der Waals surface area contributed by atoms with Gasteiger partial charge in [0, 0.05) is 0 Å². The van der Waals surface area contributed by atoms with Crippen LogP contribution >= 0.6 is 0 Å². The Morgan fingerprint density at radius 3 is 2.25 bits per heavy atom. The number of amides is 1. The van der Waals surface area contributed by atoms with Crippen LogP contribution in [0.3, 0.4) is 0 Å². The number of methoxy groups -OCH3 is 1. The average Bonchev–Trinajstić information content (AvgIpc) is 3.19. The summed E-state index contributed by atoms with van der Waals surface area (Å²) < 4.78 is 5.57. The van der Waals surface area contributed by atoms with E-state index in [0.29, 0.717) is 5.92 Å². The van der Waals surface area contributed by atoms with Crippen LogP contribution < -0.4 is 10.1 Å². The van der Waals surface area contributed by atoms with Crippen molar-refractivity contribution in [1.82, 2.24) is 5.32 Å². The minimum atomic E-state index is -0.392. The van der Waals surface area contributed by atoms with E-state index in [1.165, 1.54) is 11.1 Å². The number of carbonyl (C=O) groups is 1. The summed E-state index contributed by atoms with van der Waals surface area (Å²) in [6.45, 7) is 8.52. The van der Waals surface area contributed by atoms with Crippen LogP contribution in [0.2, 0.25) is 0 Å². The third-order valence-corrected chi connectivity index (χ3v) is 6.27. The second kappa shape index (κ2) is 8.38. The van der Waals surface area contributed by atoms with Crippen molar-refractivity contribution in [1.29, 1.82) is 0 Å². The van der Waals surface area contributed by atoms with Gasteiger partial charge in [-0.1, -0.05) is 57.0 Å². The van der Waals surface area contributed by atoms with Crippen molar-refractivity contribution in [3.05, 3.63) is 64.7 Å². The molecular formula is C25H33NO2. The zero-order valence-electron chi connectivity index (χ0n) is 17.8. The first kappa shape index (κ1) is 20.4. The molecule has 0 heterocycles. The smallest absolute Gasteiger partial charge is 0.231 e. The van der Waals surface area contributed by atoms with Gasteiger partial charge in [0.05, 0.1) is 18.6 Å². The number of aryl methyl sites for hydroxylation is 1. The summed E-state index contributed by atoms with van der Waals surface area (Å²) >= 11 is 0. The molecule has 28 heavy (non-hydrogen) atoms. The summed E-state index contributed by atoms with van der Waals surface area (Å²) in [4.78, 5) is 13.5.